The van der Waals surface area contributed by atoms with E-state index in [1.807, 2.05) is 0 Å². The smallest absolute Gasteiger partial charge is 0.246 e. The van der Waals surface area contributed by atoms with Gasteiger partial charge in [-0.3, -0.25) is 0 Å². The van der Waals surface area contributed by atoms with Crippen LogP contribution < -0.4 is 5.73 Å². The van der Waals surface area contributed by atoms with E-state index in [-0.39, 0.29) is 21.6 Å². The lowest BCUT2D eigenvalue weighted by atomic mass is 10.3. The lowest BCUT2D eigenvalue weighted by molar-refractivity contribution is 0.143. The first-order valence-electron chi connectivity index (χ1n) is 5.91. The number of nitrogen functional groups attached to an aromatic ring is 1. The molecule has 0 saturated heterocycles. The van der Waals surface area contributed by atoms with Crippen LogP contribution in [0.2, 0.25) is 5.02 Å². The van der Waals surface area contributed by atoms with Crippen molar-refractivity contribution in [1.29, 1.82) is 0 Å². The molecule has 0 heterocycles. The maximum Gasteiger partial charge on any atom is 0.246 e. The molecule has 1 aromatic rings. The van der Waals surface area contributed by atoms with Crippen LogP contribution in [0.1, 0.15) is 13.8 Å². The molecule has 0 spiro atoms. The van der Waals surface area contributed by atoms with Crippen LogP contribution >= 0.6 is 11.6 Å². The summed E-state index contributed by atoms with van der Waals surface area (Å²) in [7, 11) is -2.21. The molecule has 0 amide bonds. The van der Waals surface area contributed by atoms with Gasteiger partial charge in [0.1, 0.15) is 4.90 Å². The Labute approximate surface area is 119 Å². The number of nitrogens with zero attached hydrogens (tertiary/aromatic N) is 1. The van der Waals surface area contributed by atoms with Crippen LogP contribution in [0.25, 0.3) is 0 Å². The first-order chi connectivity index (χ1) is 8.86. The number of methoxy groups -OCH3 is 1. The van der Waals surface area contributed by atoms with Crippen LogP contribution in [0, 0.1) is 0 Å². The molecule has 0 aliphatic heterocycles. The molecule has 0 aromatic heterocycles. The Kier molecular flexibility index (Phi) is 5.61. The Bertz CT molecular complexity index is 514. The summed E-state index contributed by atoms with van der Waals surface area (Å²) in [5, 5.41) is 0.128. The highest BCUT2D eigenvalue weighted by Gasteiger charge is 2.31. The third-order valence-electron chi connectivity index (χ3n) is 2.78. The maximum atomic E-state index is 12.6. The van der Waals surface area contributed by atoms with Crippen molar-refractivity contribution in [3.63, 3.8) is 0 Å². The van der Waals surface area contributed by atoms with E-state index in [2.05, 4.69) is 0 Å². The predicted octanol–water partition coefficient (Wildman–Crippen LogP) is 1.97. The number of sulfonamides is 1. The molecule has 7 heteroatoms. The number of ether oxygens (including phenoxy) is 1. The molecule has 1 aromatic carbocycles. The highest BCUT2D eigenvalue weighted by molar-refractivity contribution is 7.89. The van der Waals surface area contributed by atoms with Crippen molar-refractivity contribution in [2.24, 2.45) is 0 Å². The number of rotatable bonds is 6. The van der Waals surface area contributed by atoms with Gasteiger partial charge in [-0.2, -0.15) is 4.31 Å². The summed E-state index contributed by atoms with van der Waals surface area (Å²) in [6, 6.07) is 4.36. The zero-order chi connectivity index (χ0) is 14.6. The molecule has 19 heavy (non-hydrogen) atoms. The van der Waals surface area contributed by atoms with E-state index in [4.69, 9.17) is 22.1 Å². The van der Waals surface area contributed by atoms with Crippen LogP contribution in [-0.4, -0.2) is 39.0 Å². The molecule has 1 unspecified atom stereocenters. The first kappa shape index (κ1) is 16.2. The van der Waals surface area contributed by atoms with Gasteiger partial charge in [0.25, 0.3) is 0 Å². The van der Waals surface area contributed by atoms with E-state index in [1.165, 1.54) is 23.5 Å². The summed E-state index contributed by atoms with van der Waals surface area (Å²) in [6.07, 6.45) is 0. The van der Waals surface area contributed by atoms with Crippen molar-refractivity contribution in [1.82, 2.24) is 4.31 Å². The first-order valence-corrected chi connectivity index (χ1v) is 7.72. The summed E-state index contributed by atoms with van der Waals surface area (Å²) in [4.78, 5) is -0.0403. The zero-order valence-electron chi connectivity index (χ0n) is 11.3. The second kappa shape index (κ2) is 6.56. The summed E-state index contributed by atoms with van der Waals surface area (Å²) in [5.74, 6) is 0. The average molecular weight is 307 g/mol. The van der Waals surface area contributed by atoms with E-state index in [9.17, 15) is 8.42 Å². The molecular formula is C12H19ClN2O3S. The predicted molar refractivity (Wildman–Crippen MR) is 76.8 cm³/mol. The molecule has 0 fully saturated rings. The van der Waals surface area contributed by atoms with Crippen molar-refractivity contribution in [3.05, 3.63) is 23.2 Å². The van der Waals surface area contributed by atoms with Gasteiger partial charge in [-0.25, -0.2) is 8.42 Å². The van der Waals surface area contributed by atoms with Gasteiger partial charge in [-0.15, -0.1) is 0 Å². The van der Waals surface area contributed by atoms with Crippen LogP contribution in [-0.2, 0) is 14.8 Å². The van der Waals surface area contributed by atoms with Gasteiger partial charge in [-0.1, -0.05) is 24.6 Å². The number of nitrogens with two attached hydrogens (primary N) is 1. The number of likely N-dealkylation sites (N-methyl/N-ethyl adjacent to an activating group) is 1. The van der Waals surface area contributed by atoms with Crippen molar-refractivity contribution >= 4 is 27.3 Å². The molecule has 2 N–H and O–H groups in total. The Balaban J connectivity index is 3.29. The minimum Gasteiger partial charge on any atom is -0.398 e. The van der Waals surface area contributed by atoms with Crippen molar-refractivity contribution in [3.8, 4) is 0 Å². The minimum absolute atomic E-state index is 0.0403. The molecule has 0 aliphatic rings. The van der Waals surface area contributed by atoms with Gasteiger partial charge >= 0.3 is 0 Å². The molecular weight excluding hydrogens is 288 g/mol. The zero-order valence-corrected chi connectivity index (χ0v) is 12.8. The lowest BCUT2D eigenvalue weighted by Crippen LogP contribution is -2.41. The summed E-state index contributed by atoms with van der Waals surface area (Å²) >= 11 is 5.98. The number of benzene rings is 1. The summed E-state index contributed by atoms with van der Waals surface area (Å²) in [6.45, 7) is 4.16. The topological polar surface area (TPSA) is 72.6 Å². The standard InChI is InChI=1S/C12H19ClN2O3S/c1-4-15(9(2)8-18-3)19(16,17)12-10(13)6-5-7-11(12)14/h5-7,9H,4,8,14H2,1-3H3. The van der Waals surface area contributed by atoms with Gasteiger partial charge < -0.3 is 10.5 Å². The van der Waals surface area contributed by atoms with Crippen LogP contribution in [0.15, 0.2) is 23.1 Å². The molecule has 0 radical (unpaired) electrons. The molecule has 0 saturated carbocycles. The number of hydrogen-bond acceptors (Lipinski definition) is 4. The Morgan fingerprint density at radius 3 is 2.58 bits per heavy atom. The van der Waals surface area contributed by atoms with Gasteiger partial charge in [0, 0.05) is 19.7 Å². The van der Waals surface area contributed by atoms with E-state index in [1.54, 1.807) is 19.9 Å². The van der Waals surface area contributed by atoms with Gasteiger partial charge in [-0.05, 0) is 19.1 Å². The molecule has 108 valence electrons. The molecule has 5 nitrogen and oxygen atoms in total. The third-order valence-corrected chi connectivity index (χ3v) is 5.41. The minimum atomic E-state index is -3.74. The molecule has 0 bridgehead atoms. The quantitative estimate of drug-likeness (QED) is 0.816. The Hall–Kier alpha value is -0.820. The third kappa shape index (κ3) is 3.39. The van der Waals surface area contributed by atoms with Crippen LogP contribution in [0.3, 0.4) is 0 Å². The van der Waals surface area contributed by atoms with Crippen LogP contribution in [0.4, 0.5) is 5.69 Å². The SMILES string of the molecule is CCN(C(C)COC)S(=O)(=O)c1c(N)cccc1Cl. The summed E-state index contributed by atoms with van der Waals surface area (Å²) in [5.41, 5.74) is 5.90. The maximum absolute atomic E-state index is 12.6. The highest BCUT2D eigenvalue weighted by Crippen LogP contribution is 2.30. The number of anilines is 1. The monoisotopic (exact) mass is 306 g/mol. The molecule has 1 atom stereocenters. The fourth-order valence-corrected chi connectivity index (χ4v) is 4.22. The fraction of sp³-hybridized carbons (Fsp3) is 0.500. The Morgan fingerprint density at radius 2 is 2.11 bits per heavy atom. The summed E-state index contributed by atoms with van der Waals surface area (Å²) < 4.78 is 31.6. The van der Waals surface area contributed by atoms with Crippen molar-refractivity contribution < 1.29 is 13.2 Å². The fourth-order valence-electron chi connectivity index (χ4n) is 1.96. The van der Waals surface area contributed by atoms with Crippen molar-refractivity contribution in [2.75, 3.05) is 26.0 Å². The van der Waals surface area contributed by atoms with Crippen molar-refractivity contribution in [2.45, 2.75) is 24.8 Å². The van der Waals surface area contributed by atoms with E-state index >= 15 is 0 Å². The lowest BCUT2D eigenvalue weighted by Gasteiger charge is -2.27. The van der Waals surface area contributed by atoms with Crippen LogP contribution in [0.5, 0.6) is 0 Å². The largest absolute Gasteiger partial charge is 0.398 e. The van der Waals surface area contributed by atoms with E-state index in [0.717, 1.165) is 0 Å². The normalized spacial score (nSPS) is 13.7. The van der Waals surface area contributed by atoms with Gasteiger partial charge in [0.05, 0.1) is 17.3 Å². The molecule has 1 rings (SSSR count). The number of halogens is 1. The number of hydrogen-bond donors (Lipinski definition) is 1. The van der Waals surface area contributed by atoms with E-state index < -0.39 is 10.0 Å². The van der Waals surface area contributed by atoms with E-state index in [0.29, 0.717) is 13.2 Å². The van der Waals surface area contributed by atoms with Gasteiger partial charge in [0.2, 0.25) is 10.0 Å². The Morgan fingerprint density at radius 1 is 1.47 bits per heavy atom. The van der Waals surface area contributed by atoms with Gasteiger partial charge in [0.15, 0.2) is 0 Å². The second-order valence-electron chi connectivity index (χ2n) is 4.17. The second-order valence-corrected chi connectivity index (χ2v) is 6.41. The highest BCUT2D eigenvalue weighted by atomic mass is 35.5. The molecule has 0 aliphatic carbocycles. The average Bonchev–Trinajstić information content (AvgIpc) is 2.28.